The van der Waals surface area contributed by atoms with Crippen LogP contribution in [-0.4, -0.2) is 49.3 Å². The molecule has 1 saturated heterocycles. The van der Waals surface area contributed by atoms with Crippen molar-refractivity contribution < 1.29 is 4.74 Å². The van der Waals surface area contributed by atoms with Crippen molar-refractivity contribution in [2.24, 2.45) is 5.92 Å². The molecule has 1 N–H and O–H groups in total. The Bertz CT molecular complexity index is 1220. The van der Waals surface area contributed by atoms with Crippen LogP contribution < -0.4 is 5.56 Å². The van der Waals surface area contributed by atoms with Gasteiger partial charge in [0, 0.05) is 30.8 Å². The zero-order chi connectivity index (χ0) is 25.3. The van der Waals surface area contributed by atoms with E-state index < -0.39 is 0 Å². The van der Waals surface area contributed by atoms with E-state index in [-0.39, 0.29) is 29.2 Å². The third-order valence-electron chi connectivity index (χ3n) is 7.59. The van der Waals surface area contributed by atoms with Gasteiger partial charge in [-0.1, -0.05) is 20.8 Å². The summed E-state index contributed by atoms with van der Waals surface area (Å²) in [4.78, 5) is 18.7. The molecule has 0 bridgehead atoms. The number of nitrogens with zero attached hydrogens (tertiary/aromatic N) is 5. The number of aryl methyl sites for hydroxylation is 2. The first-order valence-corrected chi connectivity index (χ1v) is 12.9. The van der Waals surface area contributed by atoms with Crippen molar-refractivity contribution in [3.63, 3.8) is 0 Å². The molecule has 4 rings (SSSR count). The minimum Gasteiger partial charge on any atom is -0.377 e. The zero-order valence-corrected chi connectivity index (χ0v) is 22.3. The molecule has 2 atom stereocenters. The molecule has 3 heterocycles. The van der Waals surface area contributed by atoms with Gasteiger partial charge in [-0.3, -0.25) is 9.69 Å². The van der Waals surface area contributed by atoms with Crippen molar-refractivity contribution in [2.75, 3.05) is 13.2 Å². The van der Waals surface area contributed by atoms with E-state index >= 15 is 0 Å². The van der Waals surface area contributed by atoms with Crippen LogP contribution in [0.2, 0.25) is 0 Å². The molecule has 190 valence electrons. The van der Waals surface area contributed by atoms with Gasteiger partial charge < -0.3 is 9.72 Å². The maximum absolute atomic E-state index is 13.2. The molecule has 1 aliphatic heterocycles. The Morgan fingerprint density at radius 1 is 1.23 bits per heavy atom. The second-order valence-electron chi connectivity index (χ2n) is 11.0. The molecular weight excluding hydrogens is 440 g/mol. The maximum Gasteiger partial charge on any atom is 0.252 e. The second kappa shape index (κ2) is 10.2. The largest absolute Gasteiger partial charge is 0.377 e. The van der Waals surface area contributed by atoms with Crippen LogP contribution in [0.3, 0.4) is 0 Å². The van der Waals surface area contributed by atoms with E-state index in [0.717, 1.165) is 54.7 Å². The maximum atomic E-state index is 13.2. The average molecular weight is 481 g/mol. The molecule has 3 aromatic rings. The Hall–Kier alpha value is -2.58. The predicted molar refractivity (Wildman–Crippen MR) is 138 cm³/mol. The smallest absolute Gasteiger partial charge is 0.252 e. The van der Waals surface area contributed by atoms with E-state index in [9.17, 15) is 4.79 Å². The highest BCUT2D eigenvalue weighted by Gasteiger charge is 2.35. The number of H-pyrrole nitrogens is 1. The van der Waals surface area contributed by atoms with Gasteiger partial charge in [0.15, 0.2) is 5.82 Å². The van der Waals surface area contributed by atoms with Gasteiger partial charge in [-0.2, -0.15) is 0 Å². The van der Waals surface area contributed by atoms with E-state index in [0.29, 0.717) is 6.54 Å². The summed E-state index contributed by atoms with van der Waals surface area (Å²) in [7, 11) is 0. The molecule has 1 fully saturated rings. The first-order chi connectivity index (χ1) is 16.6. The standard InChI is InChI=1S/C27H40N6O2/c1-8-27(6,7)33-25(29-30-31-33)24(17(2)3)32(16-22-10-9-11-35-22)15-21-14-20-12-18(4)19(5)13-23(20)28-26(21)34/h12-14,17,22,24H,8-11,15-16H2,1-7H3,(H,28,34)/t22-,24-/m1/s1. The van der Waals surface area contributed by atoms with Gasteiger partial charge in [0.1, 0.15) is 0 Å². The molecule has 35 heavy (non-hydrogen) atoms. The second-order valence-corrected chi connectivity index (χ2v) is 11.0. The number of fused-ring (bicyclic) bond motifs is 1. The van der Waals surface area contributed by atoms with Crippen LogP contribution in [0.25, 0.3) is 10.9 Å². The van der Waals surface area contributed by atoms with Crippen LogP contribution in [0.4, 0.5) is 0 Å². The minimum atomic E-state index is -0.211. The number of tetrazole rings is 1. The summed E-state index contributed by atoms with van der Waals surface area (Å²) in [5.74, 6) is 1.08. The number of ether oxygens (including phenoxy) is 1. The zero-order valence-electron chi connectivity index (χ0n) is 22.3. The molecule has 8 heteroatoms. The fourth-order valence-electron chi connectivity index (χ4n) is 5.03. The summed E-state index contributed by atoms with van der Waals surface area (Å²) in [5, 5.41) is 14.0. The lowest BCUT2D eigenvalue weighted by Gasteiger charge is -2.36. The van der Waals surface area contributed by atoms with Gasteiger partial charge >= 0.3 is 0 Å². The number of nitrogens with one attached hydrogen (secondary N) is 1. The van der Waals surface area contributed by atoms with E-state index in [2.05, 4.69) is 86.0 Å². The fourth-order valence-corrected chi connectivity index (χ4v) is 5.03. The van der Waals surface area contributed by atoms with Crippen molar-refractivity contribution >= 4 is 10.9 Å². The number of aromatic nitrogens is 5. The lowest BCUT2D eigenvalue weighted by molar-refractivity contribution is 0.0368. The highest BCUT2D eigenvalue weighted by Crippen LogP contribution is 2.33. The molecule has 1 aromatic carbocycles. The van der Waals surface area contributed by atoms with E-state index in [4.69, 9.17) is 4.74 Å². The van der Waals surface area contributed by atoms with E-state index in [1.54, 1.807) is 0 Å². The Kier molecular flexibility index (Phi) is 7.43. The molecule has 0 unspecified atom stereocenters. The normalized spacial score (nSPS) is 17.7. The van der Waals surface area contributed by atoms with Crippen molar-refractivity contribution in [1.29, 1.82) is 0 Å². The summed E-state index contributed by atoms with van der Waals surface area (Å²) in [6.07, 6.45) is 3.15. The molecule has 1 aliphatic rings. The molecule has 0 spiro atoms. The highest BCUT2D eigenvalue weighted by atomic mass is 16.5. The summed E-state index contributed by atoms with van der Waals surface area (Å²) >= 11 is 0. The number of hydrogen-bond donors (Lipinski definition) is 1. The van der Waals surface area contributed by atoms with Gasteiger partial charge in [-0.05, 0) is 98.0 Å². The molecule has 0 radical (unpaired) electrons. The third kappa shape index (κ3) is 5.33. The van der Waals surface area contributed by atoms with Crippen LogP contribution in [0, 0.1) is 19.8 Å². The molecular formula is C27H40N6O2. The number of hydrogen-bond acceptors (Lipinski definition) is 6. The monoisotopic (exact) mass is 480 g/mol. The Balaban J connectivity index is 1.77. The first-order valence-electron chi connectivity index (χ1n) is 12.9. The molecule has 8 nitrogen and oxygen atoms in total. The average Bonchev–Trinajstić information content (AvgIpc) is 3.48. The molecule has 0 saturated carbocycles. The van der Waals surface area contributed by atoms with Gasteiger partial charge in [0.25, 0.3) is 5.56 Å². The Labute approximate surface area is 208 Å². The fraction of sp³-hybridized carbons (Fsp3) is 0.630. The van der Waals surface area contributed by atoms with Gasteiger partial charge in [-0.25, -0.2) is 4.68 Å². The lowest BCUT2D eigenvalue weighted by atomic mass is 9.97. The van der Waals surface area contributed by atoms with E-state index in [1.807, 2.05) is 10.7 Å². The molecule has 2 aromatic heterocycles. The summed E-state index contributed by atoms with van der Waals surface area (Å²) < 4.78 is 8.00. The quantitative estimate of drug-likeness (QED) is 0.479. The van der Waals surface area contributed by atoms with Crippen LogP contribution in [0.15, 0.2) is 23.0 Å². The third-order valence-corrected chi connectivity index (χ3v) is 7.59. The predicted octanol–water partition coefficient (Wildman–Crippen LogP) is 4.65. The van der Waals surface area contributed by atoms with Crippen LogP contribution in [-0.2, 0) is 16.8 Å². The summed E-state index contributed by atoms with van der Waals surface area (Å²) in [5.41, 5.74) is 3.75. The van der Waals surface area contributed by atoms with Crippen LogP contribution >= 0.6 is 0 Å². The van der Waals surface area contributed by atoms with Crippen molar-refractivity contribution in [1.82, 2.24) is 30.1 Å². The Morgan fingerprint density at radius 2 is 1.97 bits per heavy atom. The van der Waals surface area contributed by atoms with Crippen molar-refractivity contribution in [3.05, 3.63) is 51.1 Å². The van der Waals surface area contributed by atoms with Crippen LogP contribution in [0.5, 0.6) is 0 Å². The topological polar surface area (TPSA) is 88.9 Å². The summed E-state index contributed by atoms with van der Waals surface area (Å²) in [6.45, 7) is 17.1. The van der Waals surface area contributed by atoms with Gasteiger partial charge in [0.2, 0.25) is 0 Å². The van der Waals surface area contributed by atoms with Crippen molar-refractivity contribution in [2.45, 2.75) is 92.0 Å². The first kappa shape index (κ1) is 25.5. The number of rotatable bonds is 9. The molecule has 0 amide bonds. The van der Waals surface area contributed by atoms with Gasteiger partial charge in [-0.15, -0.1) is 5.10 Å². The lowest BCUT2D eigenvalue weighted by Crippen LogP contribution is -2.41. The number of benzene rings is 1. The van der Waals surface area contributed by atoms with Gasteiger partial charge in [0.05, 0.1) is 17.7 Å². The highest BCUT2D eigenvalue weighted by molar-refractivity contribution is 5.80. The number of pyridine rings is 1. The van der Waals surface area contributed by atoms with Crippen LogP contribution in [0.1, 0.15) is 82.4 Å². The molecule has 0 aliphatic carbocycles. The Morgan fingerprint density at radius 3 is 2.63 bits per heavy atom. The number of aromatic amines is 1. The SMILES string of the molecule is CCC(C)(C)n1nnnc1[C@@H](C(C)C)N(Cc1cc2cc(C)c(C)cc2[nH]c1=O)C[C@H]1CCCO1. The summed E-state index contributed by atoms with van der Waals surface area (Å²) in [6, 6.07) is 6.19. The van der Waals surface area contributed by atoms with Crippen molar-refractivity contribution in [3.8, 4) is 0 Å². The van der Waals surface area contributed by atoms with E-state index in [1.165, 1.54) is 11.1 Å². The minimum absolute atomic E-state index is 0.0471.